The number of aryl methyl sites for hydroxylation is 2. The maximum absolute atomic E-state index is 12.8. The van der Waals surface area contributed by atoms with Gasteiger partial charge in [-0.1, -0.05) is 41.1 Å². The molecule has 3 rings (SSSR count). The lowest BCUT2D eigenvalue weighted by molar-refractivity contribution is 0.0686. The van der Waals surface area contributed by atoms with Crippen LogP contribution >= 0.6 is 0 Å². The van der Waals surface area contributed by atoms with Gasteiger partial charge in [-0.2, -0.15) is 0 Å². The van der Waals surface area contributed by atoms with Crippen LogP contribution in [0.2, 0.25) is 0 Å². The molecule has 0 aliphatic heterocycles. The van der Waals surface area contributed by atoms with E-state index in [0.29, 0.717) is 12.1 Å². The highest BCUT2D eigenvalue weighted by Gasteiger charge is 2.21. The molecule has 0 N–H and O–H groups in total. The smallest absolute Gasteiger partial charge is 0.254 e. The van der Waals surface area contributed by atoms with Crippen LogP contribution in [-0.4, -0.2) is 22.0 Å². The van der Waals surface area contributed by atoms with Gasteiger partial charge in [0, 0.05) is 23.2 Å². The first kappa shape index (κ1) is 17.9. The van der Waals surface area contributed by atoms with Crippen molar-refractivity contribution in [2.24, 2.45) is 0 Å². The number of carbonyl (C=O) groups excluding carboxylic acids is 1. The van der Waals surface area contributed by atoms with Crippen molar-refractivity contribution in [1.82, 2.24) is 10.1 Å². The molecule has 0 bridgehead atoms. The molecule has 4 heteroatoms. The van der Waals surface area contributed by atoms with E-state index in [1.807, 2.05) is 50.2 Å². The van der Waals surface area contributed by atoms with Crippen molar-refractivity contribution in [3.05, 3.63) is 77.0 Å². The topological polar surface area (TPSA) is 46.3 Å². The van der Waals surface area contributed by atoms with Crippen molar-refractivity contribution < 1.29 is 9.32 Å². The Morgan fingerprint density at radius 1 is 1.08 bits per heavy atom. The maximum Gasteiger partial charge on any atom is 0.254 e. The lowest BCUT2D eigenvalue weighted by atomic mass is 10.0. The molecule has 26 heavy (non-hydrogen) atoms. The van der Waals surface area contributed by atoms with Gasteiger partial charge in [0.05, 0.1) is 6.54 Å². The summed E-state index contributed by atoms with van der Waals surface area (Å²) in [5.74, 6) is 0.731. The average Bonchev–Trinajstić information content (AvgIpc) is 3.10. The van der Waals surface area contributed by atoms with Gasteiger partial charge in [0.1, 0.15) is 5.69 Å². The zero-order valence-corrected chi connectivity index (χ0v) is 15.7. The number of amides is 1. The molecule has 0 unspecified atom stereocenters. The zero-order chi connectivity index (χ0) is 18.7. The van der Waals surface area contributed by atoms with Gasteiger partial charge >= 0.3 is 0 Å². The number of hydrogen-bond acceptors (Lipinski definition) is 3. The van der Waals surface area contributed by atoms with Gasteiger partial charge in [-0.25, -0.2) is 0 Å². The van der Waals surface area contributed by atoms with Crippen molar-refractivity contribution in [2.75, 3.05) is 0 Å². The van der Waals surface area contributed by atoms with Gasteiger partial charge in [0.25, 0.3) is 5.91 Å². The Bertz CT molecular complexity index is 898. The van der Waals surface area contributed by atoms with Gasteiger partial charge in [0.2, 0.25) is 0 Å². The summed E-state index contributed by atoms with van der Waals surface area (Å²) in [6.07, 6.45) is 0. The highest BCUT2D eigenvalue weighted by molar-refractivity contribution is 5.94. The van der Waals surface area contributed by atoms with E-state index in [4.69, 9.17) is 4.52 Å². The van der Waals surface area contributed by atoms with Crippen molar-refractivity contribution in [1.29, 1.82) is 0 Å². The van der Waals surface area contributed by atoms with E-state index in [1.165, 1.54) is 5.56 Å². The maximum atomic E-state index is 12.8. The van der Waals surface area contributed by atoms with Crippen molar-refractivity contribution >= 4 is 5.91 Å². The van der Waals surface area contributed by atoms with E-state index < -0.39 is 0 Å². The molecular formula is C22H24N2O2. The second-order valence-electron chi connectivity index (χ2n) is 6.89. The Kier molecular flexibility index (Phi) is 5.21. The molecule has 1 amide bonds. The normalized spacial score (nSPS) is 11.0. The molecule has 0 fully saturated rings. The minimum atomic E-state index is -0.00288. The molecule has 0 aliphatic carbocycles. The number of aromatic nitrogens is 1. The number of benzene rings is 2. The fourth-order valence-corrected chi connectivity index (χ4v) is 2.92. The van der Waals surface area contributed by atoms with E-state index in [9.17, 15) is 4.79 Å². The number of carbonyl (C=O) groups is 1. The molecule has 134 valence electrons. The van der Waals surface area contributed by atoms with Crippen LogP contribution in [0, 0.1) is 13.8 Å². The molecule has 0 atom stereocenters. The third-order valence-corrected chi connectivity index (χ3v) is 4.45. The fraction of sp³-hybridized carbons (Fsp3) is 0.273. The molecule has 4 nitrogen and oxygen atoms in total. The summed E-state index contributed by atoms with van der Waals surface area (Å²) in [4.78, 5) is 14.6. The fourth-order valence-electron chi connectivity index (χ4n) is 2.92. The molecule has 0 saturated heterocycles. The van der Waals surface area contributed by atoms with Gasteiger partial charge in [-0.3, -0.25) is 4.79 Å². The Morgan fingerprint density at radius 3 is 2.50 bits per heavy atom. The van der Waals surface area contributed by atoms with Crippen LogP contribution in [-0.2, 0) is 6.54 Å². The van der Waals surface area contributed by atoms with Crippen molar-refractivity contribution in [3.63, 3.8) is 0 Å². The Hall–Kier alpha value is -2.88. The molecule has 0 aliphatic rings. The van der Waals surface area contributed by atoms with Gasteiger partial charge in [0.15, 0.2) is 5.76 Å². The molecule has 0 spiro atoms. The van der Waals surface area contributed by atoms with Crippen LogP contribution in [0.15, 0.2) is 59.1 Å². The quantitative estimate of drug-likeness (QED) is 0.651. The second-order valence-corrected chi connectivity index (χ2v) is 6.89. The van der Waals surface area contributed by atoms with Crippen molar-refractivity contribution in [2.45, 2.75) is 40.3 Å². The molecule has 2 aromatic carbocycles. The lowest BCUT2D eigenvalue weighted by Gasteiger charge is -2.25. The predicted molar refractivity (Wildman–Crippen MR) is 103 cm³/mol. The average molecular weight is 348 g/mol. The van der Waals surface area contributed by atoms with E-state index in [1.54, 1.807) is 4.90 Å². The Morgan fingerprint density at radius 2 is 1.81 bits per heavy atom. The van der Waals surface area contributed by atoms with Gasteiger partial charge in [-0.05, 0) is 51.5 Å². The summed E-state index contributed by atoms with van der Waals surface area (Å²) >= 11 is 0. The van der Waals surface area contributed by atoms with Crippen LogP contribution in [0.3, 0.4) is 0 Å². The highest BCUT2D eigenvalue weighted by Crippen LogP contribution is 2.26. The zero-order valence-electron chi connectivity index (χ0n) is 15.7. The monoisotopic (exact) mass is 348 g/mol. The van der Waals surface area contributed by atoms with E-state index >= 15 is 0 Å². The van der Waals surface area contributed by atoms with Crippen LogP contribution in [0.25, 0.3) is 11.3 Å². The minimum absolute atomic E-state index is 0.00288. The largest absolute Gasteiger partial charge is 0.356 e. The second kappa shape index (κ2) is 7.56. The number of nitrogens with zero attached hydrogens (tertiary/aromatic N) is 2. The first-order valence-electron chi connectivity index (χ1n) is 8.85. The third-order valence-electron chi connectivity index (χ3n) is 4.45. The summed E-state index contributed by atoms with van der Waals surface area (Å²) in [5, 5.41) is 4.19. The molecule has 0 saturated carbocycles. The van der Waals surface area contributed by atoms with Crippen LogP contribution < -0.4 is 0 Å². The molecular weight excluding hydrogens is 324 g/mol. The van der Waals surface area contributed by atoms with E-state index in [0.717, 1.165) is 22.6 Å². The number of rotatable bonds is 5. The number of hydrogen-bond donors (Lipinski definition) is 0. The van der Waals surface area contributed by atoms with Crippen LogP contribution in [0.5, 0.6) is 0 Å². The molecule has 3 aromatic rings. The SMILES string of the molecule is Cc1ccc(C)c(-c2cc(CN(C(=O)c3ccccc3)C(C)C)no2)c1. The van der Waals surface area contributed by atoms with Gasteiger partial charge < -0.3 is 9.42 Å². The summed E-state index contributed by atoms with van der Waals surface area (Å²) in [6, 6.07) is 17.6. The van der Waals surface area contributed by atoms with Gasteiger partial charge in [-0.15, -0.1) is 0 Å². The van der Waals surface area contributed by atoms with Crippen LogP contribution in [0.4, 0.5) is 0 Å². The molecule has 1 heterocycles. The molecule has 1 aromatic heterocycles. The summed E-state index contributed by atoms with van der Waals surface area (Å²) in [7, 11) is 0. The lowest BCUT2D eigenvalue weighted by Crippen LogP contribution is -2.36. The predicted octanol–water partition coefficient (Wildman–Crippen LogP) is 5.01. The standard InChI is InChI=1S/C22H24N2O2/c1-15(2)24(22(25)18-8-6-5-7-9-18)14-19-13-21(26-23-19)20-12-16(3)10-11-17(20)4/h5-13,15H,14H2,1-4H3. The first-order chi connectivity index (χ1) is 12.5. The minimum Gasteiger partial charge on any atom is -0.356 e. The van der Waals surface area contributed by atoms with Crippen LogP contribution in [0.1, 0.15) is 41.0 Å². The highest BCUT2D eigenvalue weighted by atomic mass is 16.5. The first-order valence-corrected chi connectivity index (χ1v) is 8.85. The summed E-state index contributed by atoms with van der Waals surface area (Å²) in [5.41, 5.74) is 4.78. The van der Waals surface area contributed by atoms with E-state index in [2.05, 4.69) is 37.2 Å². The van der Waals surface area contributed by atoms with E-state index in [-0.39, 0.29) is 11.9 Å². The summed E-state index contributed by atoms with van der Waals surface area (Å²) in [6.45, 7) is 8.54. The summed E-state index contributed by atoms with van der Waals surface area (Å²) < 4.78 is 5.56. The third kappa shape index (κ3) is 3.85. The van der Waals surface area contributed by atoms with Crippen molar-refractivity contribution in [3.8, 4) is 11.3 Å². The Balaban J connectivity index is 1.84. The Labute approximate surface area is 154 Å². The molecule has 0 radical (unpaired) electrons.